The Morgan fingerprint density at radius 3 is 2.36 bits per heavy atom. The van der Waals surface area contributed by atoms with E-state index in [-0.39, 0.29) is 25.4 Å². The summed E-state index contributed by atoms with van der Waals surface area (Å²) in [6.45, 7) is 18.1. The van der Waals surface area contributed by atoms with Gasteiger partial charge in [-0.15, -0.1) is 5.10 Å². The number of benzene rings is 1. The van der Waals surface area contributed by atoms with E-state index in [0.717, 1.165) is 22.3 Å². The van der Waals surface area contributed by atoms with Gasteiger partial charge in [-0.2, -0.15) is 0 Å². The molecular weight excluding hydrogens is 891 g/mol. The minimum Gasteiger partial charge on any atom is -0.491 e. The predicted molar refractivity (Wildman–Crippen MR) is 255 cm³/mol. The number of aliphatic hydroxyl groups excluding tert-OH is 3. The van der Waals surface area contributed by atoms with E-state index >= 15 is 0 Å². The molecule has 0 radical (unpaired) electrons. The quantitative estimate of drug-likeness (QED) is 0.153. The van der Waals surface area contributed by atoms with Gasteiger partial charge in [0.05, 0.1) is 65.4 Å². The van der Waals surface area contributed by atoms with E-state index in [1.54, 1.807) is 52.4 Å². The molecule has 0 amide bonds. The molecular formula is C51H79N5O13. The molecule has 0 spiro atoms. The average Bonchev–Trinajstić information content (AvgIpc) is 3.77. The highest BCUT2D eigenvalue weighted by Crippen LogP contribution is 2.45. The SMILES string of the molecule is CC[C@H]1OC(=O)[C@H](C)C([C@H]2C[C@@](C)(OC)[C@@H](O)[C@H](C)O2)[C@H](C)[C@@H](O[C@@H]2O[C@H](C)C[C@H](N(C)CCc3cn(CCOc4cccc5ncccc45)nn3)[C@H]2O)[C@](C)(O)C[C@@H](C)C(=O)[C@H](C)[C@@H](O)[C@]1(C)O. The Labute approximate surface area is 407 Å². The molecule has 0 bridgehead atoms. The van der Waals surface area contributed by atoms with Crippen molar-refractivity contribution >= 4 is 22.7 Å². The van der Waals surface area contributed by atoms with Crippen LogP contribution in [0.5, 0.6) is 5.75 Å². The number of hydrogen-bond acceptors (Lipinski definition) is 17. The third-order valence-electron chi connectivity index (χ3n) is 15.6. The van der Waals surface area contributed by atoms with Crippen LogP contribution in [0, 0.1) is 29.6 Å². The van der Waals surface area contributed by atoms with E-state index in [2.05, 4.69) is 15.3 Å². The fourth-order valence-corrected chi connectivity index (χ4v) is 11.4. The number of ether oxygens (including phenoxy) is 6. The van der Waals surface area contributed by atoms with Crippen molar-refractivity contribution in [1.29, 1.82) is 0 Å². The summed E-state index contributed by atoms with van der Waals surface area (Å²) in [6.07, 6.45) is -4.61. The molecule has 69 heavy (non-hydrogen) atoms. The van der Waals surface area contributed by atoms with Crippen molar-refractivity contribution < 1.29 is 63.5 Å². The first kappa shape index (κ1) is 54.6. The third-order valence-corrected chi connectivity index (χ3v) is 15.6. The van der Waals surface area contributed by atoms with Gasteiger partial charge in [-0.05, 0) is 91.1 Å². The van der Waals surface area contributed by atoms with Gasteiger partial charge in [-0.1, -0.05) is 45.9 Å². The van der Waals surface area contributed by atoms with Gasteiger partial charge in [0.2, 0.25) is 0 Å². The summed E-state index contributed by atoms with van der Waals surface area (Å²) < 4.78 is 39.6. The largest absolute Gasteiger partial charge is 0.491 e. The van der Waals surface area contributed by atoms with Gasteiger partial charge in [-0.25, -0.2) is 4.68 Å². The highest BCUT2D eigenvalue weighted by molar-refractivity contribution is 5.85. The maximum Gasteiger partial charge on any atom is 0.309 e. The lowest BCUT2D eigenvalue weighted by atomic mass is 9.67. The lowest BCUT2D eigenvalue weighted by molar-refractivity contribution is -0.302. The normalized spacial score (nSPS) is 39.8. The molecule has 18 heteroatoms. The van der Waals surface area contributed by atoms with Gasteiger partial charge in [-0.3, -0.25) is 14.6 Å². The van der Waals surface area contributed by atoms with Crippen molar-refractivity contribution in [3.8, 4) is 5.75 Å². The first-order chi connectivity index (χ1) is 32.4. The minimum absolute atomic E-state index is 0.135. The van der Waals surface area contributed by atoms with Gasteiger partial charge in [0.1, 0.15) is 42.1 Å². The Morgan fingerprint density at radius 1 is 0.942 bits per heavy atom. The van der Waals surface area contributed by atoms with Crippen molar-refractivity contribution in [2.45, 2.75) is 186 Å². The zero-order valence-corrected chi connectivity index (χ0v) is 42.6. The first-order valence-corrected chi connectivity index (χ1v) is 24.7. The maximum atomic E-state index is 14.5. The lowest BCUT2D eigenvalue weighted by Crippen LogP contribution is -2.62. The third kappa shape index (κ3) is 12.0. The summed E-state index contributed by atoms with van der Waals surface area (Å²) in [5.74, 6) is -4.86. The Bertz CT molecular complexity index is 2170. The van der Waals surface area contributed by atoms with Crippen LogP contribution in [-0.4, -0.2) is 167 Å². The molecule has 2 aromatic heterocycles. The van der Waals surface area contributed by atoms with E-state index in [9.17, 15) is 35.1 Å². The average molecular weight is 970 g/mol. The molecule has 386 valence electrons. The van der Waals surface area contributed by atoms with Crippen LogP contribution in [0.25, 0.3) is 10.9 Å². The number of esters is 1. The molecule has 3 aliphatic rings. The molecule has 6 rings (SSSR count). The second kappa shape index (κ2) is 22.4. The number of carbonyl (C=O) groups is 2. The number of hydrogen-bond donors (Lipinski definition) is 5. The van der Waals surface area contributed by atoms with Gasteiger partial charge in [0.15, 0.2) is 6.29 Å². The molecule has 0 aliphatic carbocycles. The number of cyclic esters (lactones) is 1. The zero-order chi connectivity index (χ0) is 50.7. The summed E-state index contributed by atoms with van der Waals surface area (Å²) in [5.41, 5.74) is -3.30. The number of methoxy groups -OCH3 is 1. The van der Waals surface area contributed by atoms with Crippen molar-refractivity contribution in [2.24, 2.45) is 29.6 Å². The van der Waals surface area contributed by atoms with Crippen LogP contribution in [0.4, 0.5) is 0 Å². The molecule has 18 atom stereocenters. The number of nitrogens with zero attached hydrogens (tertiary/aromatic N) is 5. The summed E-state index contributed by atoms with van der Waals surface area (Å²) >= 11 is 0. The molecule has 3 aromatic rings. The molecule has 5 heterocycles. The van der Waals surface area contributed by atoms with Crippen molar-refractivity contribution in [2.75, 3.05) is 27.3 Å². The van der Waals surface area contributed by atoms with Crippen molar-refractivity contribution in [3.05, 3.63) is 48.4 Å². The van der Waals surface area contributed by atoms with Crippen LogP contribution in [0.15, 0.2) is 42.7 Å². The number of rotatable bonds is 13. The van der Waals surface area contributed by atoms with Gasteiger partial charge < -0.3 is 58.9 Å². The Morgan fingerprint density at radius 2 is 1.67 bits per heavy atom. The second-order valence-electron chi connectivity index (χ2n) is 21.0. The van der Waals surface area contributed by atoms with Crippen LogP contribution < -0.4 is 4.74 Å². The van der Waals surface area contributed by atoms with E-state index in [0.29, 0.717) is 32.5 Å². The predicted octanol–water partition coefficient (Wildman–Crippen LogP) is 3.89. The van der Waals surface area contributed by atoms with Crippen LogP contribution >= 0.6 is 0 Å². The fourth-order valence-electron chi connectivity index (χ4n) is 11.4. The molecule has 18 nitrogen and oxygen atoms in total. The highest BCUT2D eigenvalue weighted by atomic mass is 16.7. The molecule has 5 N–H and O–H groups in total. The van der Waals surface area contributed by atoms with Gasteiger partial charge in [0.25, 0.3) is 0 Å². The van der Waals surface area contributed by atoms with Crippen LogP contribution in [-0.2, 0) is 46.2 Å². The molecule has 1 unspecified atom stereocenters. The van der Waals surface area contributed by atoms with E-state index in [1.165, 1.54) is 21.0 Å². The monoisotopic (exact) mass is 970 g/mol. The van der Waals surface area contributed by atoms with Crippen LogP contribution in [0.2, 0.25) is 0 Å². The number of aromatic nitrogens is 4. The van der Waals surface area contributed by atoms with Gasteiger partial charge in [0, 0.05) is 68.1 Å². The number of carbonyl (C=O) groups excluding carboxylic acids is 2. The smallest absolute Gasteiger partial charge is 0.309 e. The Hall–Kier alpha value is -3.69. The highest BCUT2D eigenvalue weighted by Gasteiger charge is 2.55. The minimum atomic E-state index is -2.01. The lowest BCUT2D eigenvalue weighted by Gasteiger charge is -2.51. The number of Topliss-reactive ketones (excluding diaryl/α,β-unsaturated/α-hetero) is 1. The summed E-state index contributed by atoms with van der Waals surface area (Å²) in [6, 6.07) is 9.16. The topological polar surface area (TPSA) is 238 Å². The number of ketones is 1. The standard InChI is InChI=1S/C51H79N5O13/c1-13-40-51(10,63)44(59)32(6)42(57)28(2)25-49(8,62)46(30(4)41(31(5)47(61)68-40)39-26-50(9,64-12)45(60)33(7)67-39)69-48-43(58)37(24-29(3)66-48)55(11)21-19-34-27-56(54-53-34)22-23-65-38-18-14-17-36-35(38)16-15-20-52-36/h14-18,20,27-33,37,39-41,43-46,48,58-60,62-63H,13,19,21-26H2,1-12H3/t28-,29-,30+,31-,32+,33+,37+,39-,40-,41?,43-,44-,45+,46-,48+,49-,50-,51-/m1/s1. The Balaban J connectivity index is 1.24. The molecule has 3 fully saturated rings. The van der Waals surface area contributed by atoms with E-state index < -0.39 is 113 Å². The number of likely N-dealkylation sites (N-methyl/N-ethyl adjacent to an activating group) is 1. The maximum absolute atomic E-state index is 14.5. The van der Waals surface area contributed by atoms with Crippen molar-refractivity contribution in [3.63, 3.8) is 0 Å². The summed E-state index contributed by atoms with van der Waals surface area (Å²) in [7, 11) is 3.42. The first-order valence-electron chi connectivity index (χ1n) is 24.7. The number of fused-ring (bicyclic) bond motifs is 1. The number of aliphatic hydroxyl groups is 5. The summed E-state index contributed by atoms with van der Waals surface area (Å²) in [5, 5.41) is 69.2. The van der Waals surface area contributed by atoms with Crippen LogP contribution in [0.1, 0.15) is 101 Å². The molecule has 3 aliphatic heterocycles. The molecule has 1 aromatic carbocycles. The molecule has 0 saturated carbocycles. The van der Waals surface area contributed by atoms with E-state index in [4.69, 9.17) is 28.4 Å². The van der Waals surface area contributed by atoms with Crippen molar-refractivity contribution in [1.82, 2.24) is 24.9 Å². The number of pyridine rings is 1. The van der Waals surface area contributed by atoms with Gasteiger partial charge >= 0.3 is 5.97 Å². The molecule has 3 saturated heterocycles. The van der Waals surface area contributed by atoms with Crippen LogP contribution in [0.3, 0.4) is 0 Å². The van der Waals surface area contributed by atoms with E-state index in [1.807, 2.05) is 62.3 Å². The second-order valence-corrected chi connectivity index (χ2v) is 21.0. The zero-order valence-electron chi connectivity index (χ0n) is 42.6. The summed E-state index contributed by atoms with van der Waals surface area (Å²) in [4.78, 5) is 35.0. The fraction of sp³-hybridized carbons (Fsp3) is 0.745. The Kier molecular flexibility index (Phi) is 17.7.